The molecule has 0 atom stereocenters. The Labute approximate surface area is 111 Å². The van der Waals surface area contributed by atoms with Crippen LogP contribution in [0, 0.1) is 0 Å². The monoisotopic (exact) mass is 410 g/mol. The first kappa shape index (κ1) is 16.0. The van der Waals surface area contributed by atoms with Crippen LogP contribution in [0.4, 0.5) is 0 Å². The summed E-state index contributed by atoms with van der Waals surface area (Å²) in [5.74, 6) is 0. The van der Waals surface area contributed by atoms with Gasteiger partial charge in [0.1, 0.15) is 0 Å². The van der Waals surface area contributed by atoms with E-state index >= 15 is 0 Å². The first-order chi connectivity index (χ1) is 7.38. The third-order valence-electron chi connectivity index (χ3n) is 2.16. The summed E-state index contributed by atoms with van der Waals surface area (Å²) < 4.78 is 11.8. The van der Waals surface area contributed by atoms with Crippen LogP contribution in [-0.2, 0) is 28.8 Å². The van der Waals surface area contributed by atoms with Gasteiger partial charge >= 0.3 is 111 Å². The molecule has 92 valence electrons. The van der Waals surface area contributed by atoms with E-state index in [0.717, 1.165) is 9.66 Å². The fourth-order valence-corrected chi connectivity index (χ4v) is 4.26. The Morgan fingerprint density at radius 2 is 1.88 bits per heavy atom. The molecule has 0 aliphatic carbocycles. The zero-order valence-electron chi connectivity index (χ0n) is 11.1. The van der Waals surface area contributed by atoms with Crippen molar-refractivity contribution < 1.29 is 28.8 Å². The third-order valence-corrected chi connectivity index (χ3v) is 5.72. The molecule has 0 radical (unpaired) electrons. The van der Waals surface area contributed by atoms with Gasteiger partial charge in [-0.1, -0.05) is 0 Å². The molecule has 0 unspecified atom stereocenters. The summed E-state index contributed by atoms with van der Waals surface area (Å²) in [7, 11) is 0.368. The van der Waals surface area contributed by atoms with Gasteiger partial charge in [-0.15, -0.1) is 0 Å². The Balaban J connectivity index is 5.26. The van der Waals surface area contributed by atoms with Crippen molar-refractivity contribution in [2.45, 2.75) is 33.5 Å². The number of hydrogen-bond acceptors (Lipinski definition) is 2. The molecule has 0 rings (SSSR count). The average molecular weight is 410 g/mol. The quantitative estimate of drug-likeness (QED) is 0.381. The molecule has 16 heavy (non-hydrogen) atoms. The van der Waals surface area contributed by atoms with Gasteiger partial charge in [0.25, 0.3) is 0 Å². The molecule has 0 saturated carbocycles. The molecule has 0 saturated heterocycles. The minimum absolute atomic E-state index is 0.693. The van der Waals surface area contributed by atoms with Crippen molar-refractivity contribution in [1.82, 2.24) is 0 Å². The van der Waals surface area contributed by atoms with Crippen molar-refractivity contribution in [1.29, 1.82) is 0 Å². The Morgan fingerprint density at radius 1 is 1.31 bits per heavy atom. The van der Waals surface area contributed by atoms with E-state index in [4.69, 9.17) is 9.47 Å². The van der Waals surface area contributed by atoms with Crippen molar-refractivity contribution in [3.63, 3.8) is 0 Å². The van der Waals surface area contributed by atoms with Gasteiger partial charge in [-0.05, 0) is 0 Å². The molecule has 0 spiro atoms. The van der Waals surface area contributed by atoms with E-state index in [0.29, 0.717) is 6.61 Å². The van der Waals surface area contributed by atoms with Gasteiger partial charge < -0.3 is 0 Å². The molecule has 0 aliphatic heterocycles. The number of allylic oxidation sites excluding steroid dienone is 1. The molecule has 0 N–H and O–H groups in total. The molecule has 0 heterocycles. The molecule has 0 aliphatic rings. The molecule has 0 aromatic carbocycles. The van der Waals surface area contributed by atoms with Crippen LogP contribution in [0.2, 0.25) is 19.6 Å². The van der Waals surface area contributed by atoms with Gasteiger partial charge in [-0.3, -0.25) is 0 Å². The van der Waals surface area contributed by atoms with E-state index < -0.39 is 8.07 Å². The summed E-state index contributed by atoms with van der Waals surface area (Å²) in [6, 6.07) is 0. The van der Waals surface area contributed by atoms with Crippen molar-refractivity contribution in [2.24, 2.45) is 0 Å². The molecule has 0 aromatic rings. The zero-order chi connectivity index (χ0) is 12.8. The summed E-state index contributed by atoms with van der Waals surface area (Å²) in [5.41, 5.74) is 1.14. The second kappa shape index (κ2) is 7.36. The van der Waals surface area contributed by atoms with Crippen LogP contribution >= 0.6 is 0 Å². The molecular formula is C12H22O2SiW. The number of ether oxygens (including phenoxy) is 2. The zero-order valence-corrected chi connectivity index (χ0v) is 15.0. The van der Waals surface area contributed by atoms with Crippen LogP contribution in [0.5, 0.6) is 0 Å². The van der Waals surface area contributed by atoms with Crippen LogP contribution in [-0.4, -0.2) is 25.9 Å². The van der Waals surface area contributed by atoms with Gasteiger partial charge in [0.15, 0.2) is 0 Å². The van der Waals surface area contributed by atoms with E-state index in [1.54, 1.807) is 7.11 Å². The fourth-order valence-electron chi connectivity index (χ4n) is 1.49. The Kier molecular flexibility index (Phi) is 7.37. The van der Waals surface area contributed by atoms with Gasteiger partial charge in [0.05, 0.1) is 0 Å². The fraction of sp³-hybridized carbons (Fsp3) is 0.583. The van der Waals surface area contributed by atoms with E-state index in [1.807, 2.05) is 13.2 Å². The second-order valence-electron chi connectivity index (χ2n) is 4.43. The summed E-state index contributed by atoms with van der Waals surface area (Å²) in [4.78, 5) is 0. The molecule has 0 bridgehead atoms. The SMILES string of the molecule is C/C=C(\C(=C\OCC)[C](=[W])OC)[Si](C)(C)C. The first-order valence-electron chi connectivity index (χ1n) is 5.45. The van der Waals surface area contributed by atoms with Gasteiger partial charge in [0.2, 0.25) is 0 Å². The number of rotatable bonds is 6. The van der Waals surface area contributed by atoms with Crippen molar-refractivity contribution in [3.8, 4) is 0 Å². The molecule has 0 aromatic heterocycles. The van der Waals surface area contributed by atoms with Gasteiger partial charge in [-0.2, -0.15) is 0 Å². The Hall–Kier alpha value is 0.0152. The Bertz CT molecular complexity index is 301. The first-order valence-corrected chi connectivity index (χ1v) is 10.4. The van der Waals surface area contributed by atoms with Crippen LogP contribution in [0.15, 0.2) is 23.1 Å². The molecule has 0 amide bonds. The van der Waals surface area contributed by atoms with Crippen molar-refractivity contribution in [3.05, 3.63) is 23.1 Å². The maximum absolute atomic E-state index is 5.43. The van der Waals surface area contributed by atoms with E-state index in [-0.39, 0.29) is 0 Å². The van der Waals surface area contributed by atoms with Crippen LogP contribution in [0.3, 0.4) is 0 Å². The van der Waals surface area contributed by atoms with Crippen molar-refractivity contribution >= 4 is 12.2 Å². The average Bonchev–Trinajstić information content (AvgIpc) is 2.21. The van der Waals surface area contributed by atoms with Gasteiger partial charge in [0, 0.05) is 0 Å². The van der Waals surface area contributed by atoms with E-state index in [1.165, 1.54) is 24.5 Å². The summed E-state index contributed by atoms with van der Waals surface area (Å²) >= 11 is 1.33. The topological polar surface area (TPSA) is 18.5 Å². The maximum atomic E-state index is 5.43. The van der Waals surface area contributed by atoms with Gasteiger partial charge in [-0.25, -0.2) is 0 Å². The molecule has 0 fully saturated rings. The second-order valence-corrected chi connectivity index (χ2v) is 10.8. The molecule has 2 nitrogen and oxygen atoms in total. The summed E-state index contributed by atoms with van der Waals surface area (Å²) in [6.07, 6.45) is 4.04. The standard InChI is InChI=1S/C12H22O2Si.W/c1-7-12(15(4,5)6)11(9-13-3)10-14-8-2;/h7,10H,8H2,1-6H3;/b11-10+,12-7+;. The minimum atomic E-state index is -1.35. The van der Waals surface area contributed by atoms with E-state index in [9.17, 15) is 0 Å². The predicted octanol–water partition coefficient (Wildman–Crippen LogP) is 3.05. The number of methoxy groups -OCH3 is 1. The third kappa shape index (κ3) is 4.90. The summed E-state index contributed by atoms with van der Waals surface area (Å²) in [5, 5.41) is 1.40. The van der Waals surface area contributed by atoms with Crippen molar-refractivity contribution in [2.75, 3.05) is 13.7 Å². The normalized spacial score (nSPS) is 13.9. The van der Waals surface area contributed by atoms with Crippen LogP contribution in [0.25, 0.3) is 0 Å². The Morgan fingerprint density at radius 3 is 2.19 bits per heavy atom. The van der Waals surface area contributed by atoms with Crippen LogP contribution in [0.1, 0.15) is 13.8 Å². The molecular weight excluding hydrogens is 388 g/mol. The van der Waals surface area contributed by atoms with E-state index in [2.05, 4.69) is 32.6 Å². The number of hydrogen-bond donors (Lipinski definition) is 0. The summed E-state index contributed by atoms with van der Waals surface area (Å²) in [6.45, 7) is 11.8. The van der Waals surface area contributed by atoms with Crippen LogP contribution < -0.4 is 0 Å². The predicted molar refractivity (Wildman–Crippen MR) is 68.8 cm³/mol. The molecule has 4 heteroatoms.